The average molecular weight is 235 g/mol. The molecule has 1 saturated heterocycles. The van der Waals surface area contributed by atoms with Gasteiger partial charge in [0, 0.05) is 6.54 Å². The van der Waals surface area contributed by atoms with E-state index in [9.17, 15) is 0 Å². The Kier molecular flexibility index (Phi) is 4.40. The second-order valence-electron chi connectivity index (χ2n) is 4.47. The molecule has 1 aliphatic heterocycles. The van der Waals surface area contributed by atoms with Crippen LogP contribution in [0, 0.1) is 0 Å². The largest absolute Gasteiger partial charge is 0.491 e. The van der Waals surface area contributed by atoms with Gasteiger partial charge in [0.25, 0.3) is 0 Å². The molecule has 1 fully saturated rings. The molecule has 1 aliphatic rings. The Balaban J connectivity index is 1.85. The van der Waals surface area contributed by atoms with Crippen molar-refractivity contribution >= 4 is 0 Å². The summed E-state index contributed by atoms with van der Waals surface area (Å²) in [4.78, 5) is 0. The van der Waals surface area contributed by atoms with Gasteiger partial charge in [-0.3, -0.25) is 0 Å². The Labute approximate surface area is 103 Å². The summed E-state index contributed by atoms with van der Waals surface area (Å²) < 4.78 is 11.6. The van der Waals surface area contributed by atoms with Crippen molar-refractivity contribution in [1.29, 1.82) is 0 Å². The van der Waals surface area contributed by atoms with Gasteiger partial charge in [0.15, 0.2) is 0 Å². The summed E-state index contributed by atoms with van der Waals surface area (Å²) in [5.41, 5.74) is 6.83. The van der Waals surface area contributed by atoms with E-state index in [0.717, 1.165) is 25.0 Å². The molecule has 2 N–H and O–H groups in total. The number of para-hydroxylation sites is 1. The van der Waals surface area contributed by atoms with E-state index >= 15 is 0 Å². The second kappa shape index (κ2) is 6.03. The zero-order valence-electron chi connectivity index (χ0n) is 10.4. The first-order chi connectivity index (χ1) is 8.33. The summed E-state index contributed by atoms with van der Waals surface area (Å²) in [5, 5.41) is 0. The predicted molar refractivity (Wildman–Crippen MR) is 68.3 cm³/mol. The first-order valence-electron chi connectivity index (χ1n) is 6.39. The highest BCUT2D eigenvalue weighted by molar-refractivity contribution is 5.33. The number of hydrogen-bond acceptors (Lipinski definition) is 3. The maximum Gasteiger partial charge on any atom is 0.122 e. The average Bonchev–Trinajstić information content (AvgIpc) is 2.84. The molecule has 2 atom stereocenters. The zero-order chi connectivity index (χ0) is 12.1. The lowest BCUT2D eigenvalue weighted by Crippen LogP contribution is -2.23. The predicted octanol–water partition coefficient (Wildman–Crippen LogP) is 2.13. The lowest BCUT2D eigenvalue weighted by Gasteiger charge is -2.15. The molecule has 1 aromatic rings. The Morgan fingerprint density at radius 1 is 1.29 bits per heavy atom. The van der Waals surface area contributed by atoms with E-state index in [-0.39, 0.29) is 12.2 Å². The topological polar surface area (TPSA) is 44.5 Å². The van der Waals surface area contributed by atoms with Crippen LogP contribution in [0.3, 0.4) is 0 Å². The van der Waals surface area contributed by atoms with E-state index in [2.05, 4.69) is 13.0 Å². The van der Waals surface area contributed by atoms with Crippen molar-refractivity contribution in [3.05, 3.63) is 29.8 Å². The van der Waals surface area contributed by atoms with E-state index in [0.29, 0.717) is 13.2 Å². The standard InChI is InChI=1S/C14H21NO2/c1-2-11-5-3-4-6-14(11)16-10-13-8-7-12(9-15)17-13/h3-6,12-13H,2,7-10,15H2,1H3. The third-order valence-electron chi connectivity index (χ3n) is 3.24. The Hall–Kier alpha value is -1.06. The normalized spacial score (nSPS) is 23.9. The van der Waals surface area contributed by atoms with Crippen LogP contribution in [-0.4, -0.2) is 25.4 Å². The summed E-state index contributed by atoms with van der Waals surface area (Å²) in [5.74, 6) is 0.981. The van der Waals surface area contributed by atoms with Crippen molar-refractivity contribution < 1.29 is 9.47 Å². The van der Waals surface area contributed by atoms with Crippen LogP contribution in [-0.2, 0) is 11.2 Å². The summed E-state index contributed by atoms with van der Waals surface area (Å²) in [6, 6.07) is 8.18. The van der Waals surface area contributed by atoms with Crippen LogP contribution in [0.4, 0.5) is 0 Å². The van der Waals surface area contributed by atoms with E-state index in [1.165, 1.54) is 5.56 Å². The molecular weight excluding hydrogens is 214 g/mol. The number of rotatable bonds is 5. The SMILES string of the molecule is CCc1ccccc1OCC1CCC(CN)O1. The number of benzene rings is 1. The number of aryl methyl sites for hydroxylation is 1. The third-order valence-corrected chi connectivity index (χ3v) is 3.24. The van der Waals surface area contributed by atoms with E-state index < -0.39 is 0 Å². The van der Waals surface area contributed by atoms with Gasteiger partial charge in [-0.15, -0.1) is 0 Å². The van der Waals surface area contributed by atoms with E-state index in [1.54, 1.807) is 0 Å². The van der Waals surface area contributed by atoms with Crippen LogP contribution in [0.2, 0.25) is 0 Å². The summed E-state index contributed by atoms with van der Waals surface area (Å²) in [6.45, 7) is 3.38. The molecule has 0 amide bonds. The fourth-order valence-corrected chi connectivity index (χ4v) is 2.20. The van der Waals surface area contributed by atoms with Gasteiger partial charge in [-0.05, 0) is 30.9 Å². The van der Waals surface area contributed by atoms with Crippen molar-refractivity contribution in [1.82, 2.24) is 0 Å². The molecule has 17 heavy (non-hydrogen) atoms. The van der Waals surface area contributed by atoms with Crippen molar-refractivity contribution in [2.45, 2.75) is 38.4 Å². The highest BCUT2D eigenvalue weighted by atomic mass is 16.5. The van der Waals surface area contributed by atoms with Crippen LogP contribution in [0.1, 0.15) is 25.3 Å². The fourth-order valence-electron chi connectivity index (χ4n) is 2.20. The van der Waals surface area contributed by atoms with Crippen LogP contribution in [0.5, 0.6) is 5.75 Å². The molecular formula is C14H21NO2. The van der Waals surface area contributed by atoms with Crippen LogP contribution >= 0.6 is 0 Å². The molecule has 2 rings (SSSR count). The molecule has 0 spiro atoms. The highest BCUT2D eigenvalue weighted by Gasteiger charge is 2.24. The molecule has 1 heterocycles. The molecule has 0 aromatic heterocycles. The lowest BCUT2D eigenvalue weighted by molar-refractivity contribution is 0.0220. The number of nitrogens with two attached hydrogens (primary N) is 1. The molecule has 3 heteroatoms. The number of ether oxygens (including phenoxy) is 2. The summed E-state index contributed by atoms with van der Waals surface area (Å²) in [6.07, 6.45) is 3.53. The third kappa shape index (κ3) is 3.20. The first-order valence-corrected chi connectivity index (χ1v) is 6.39. The van der Waals surface area contributed by atoms with E-state index in [1.807, 2.05) is 18.2 Å². The quantitative estimate of drug-likeness (QED) is 0.850. The fraction of sp³-hybridized carbons (Fsp3) is 0.571. The Bertz CT molecular complexity index is 354. The molecule has 0 radical (unpaired) electrons. The van der Waals surface area contributed by atoms with Gasteiger partial charge in [-0.2, -0.15) is 0 Å². The van der Waals surface area contributed by atoms with Gasteiger partial charge in [0.05, 0.1) is 12.2 Å². The van der Waals surface area contributed by atoms with Crippen molar-refractivity contribution in [2.24, 2.45) is 5.73 Å². The van der Waals surface area contributed by atoms with Crippen LogP contribution < -0.4 is 10.5 Å². The van der Waals surface area contributed by atoms with Gasteiger partial charge in [-0.25, -0.2) is 0 Å². The van der Waals surface area contributed by atoms with Gasteiger partial charge in [-0.1, -0.05) is 25.1 Å². The lowest BCUT2D eigenvalue weighted by atomic mass is 10.1. The maximum absolute atomic E-state index is 5.84. The van der Waals surface area contributed by atoms with Gasteiger partial charge >= 0.3 is 0 Å². The minimum absolute atomic E-state index is 0.202. The maximum atomic E-state index is 5.84. The summed E-state index contributed by atoms with van der Waals surface area (Å²) in [7, 11) is 0. The van der Waals surface area contributed by atoms with Gasteiger partial charge in [0.2, 0.25) is 0 Å². The van der Waals surface area contributed by atoms with Gasteiger partial charge in [0.1, 0.15) is 12.4 Å². The summed E-state index contributed by atoms with van der Waals surface area (Å²) >= 11 is 0. The van der Waals surface area contributed by atoms with Crippen molar-refractivity contribution in [3.8, 4) is 5.75 Å². The molecule has 94 valence electrons. The smallest absolute Gasteiger partial charge is 0.122 e. The molecule has 0 saturated carbocycles. The zero-order valence-corrected chi connectivity index (χ0v) is 10.4. The van der Waals surface area contributed by atoms with Crippen LogP contribution in [0.25, 0.3) is 0 Å². The number of hydrogen-bond donors (Lipinski definition) is 1. The molecule has 0 bridgehead atoms. The van der Waals surface area contributed by atoms with E-state index in [4.69, 9.17) is 15.2 Å². The van der Waals surface area contributed by atoms with Crippen molar-refractivity contribution in [2.75, 3.05) is 13.2 Å². The van der Waals surface area contributed by atoms with Crippen LogP contribution in [0.15, 0.2) is 24.3 Å². The highest BCUT2D eigenvalue weighted by Crippen LogP contribution is 2.22. The minimum atomic E-state index is 0.202. The monoisotopic (exact) mass is 235 g/mol. The van der Waals surface area contributed by atoms with Crippen molar-refractivity contribution in [3.63, 3.8) is 0 Å². The molecule has 0 aliphatic carbocycles. The first kappa shape index (κ1) is 12.4. The Morgan fingerprint density at radius 2 is 2.06 bits per heavy atom. The Morgan fingerprint density at radius 3 is 2.76 bits per heavy atom. The minimum Gasteiger partial charge on any atom is -0.491 e. The second-order valence-corrected chi connectivity index (χ2v) is 4.47. The molecule has 3 nitrogen and oxygen atoms in total. The molecule has 2 unspecified atom stereocenters. The molecule has 1 aromatic carbocycles. The van der Waals surface area contributed by atoms with Gasteiger partial charge < -0.3 is 15.2 Å².